The first-order chi connectivity index (χ1) is 25.3. The second-order valence-electron chi connectivity index (χ2n) is 13.0. The first kappa shape index (κ1) is 29.5. The summed E-state index contributed by atoms with van der Waals surface area (Å²) in [6, 6.07) is 65.1. The number of thiophene rings is 1. The molecule has 0 N–H and O–H groups in total. The molecule has 2 heterocycles. The van der Waals surface area contributed by atoms with Gasteiger partial charge in [0.25, 0.3) is 0 Å². The van der Waals surface area contributed by atoms with Gasteiger partial charge in [-0.3, -0.25) is 0 Å². The maximum atomic E-state index is 5.28. The Morgan fingerprint density at radius 2 is 1.00 bits per heavy atom. The predicted octanol–water partition coefficient (Wildman–Crippen LogP) is 13.5. The van der Waals surface area contributed by atoms with Gasteiger partial charge < -0.3 is 0 Å². The van der Waals surface area contributed by atoms with Crippen molar-refractivity contribution < 1.29 is 0 Å². The lowest BCUT2D eigenvalue weighted by Crippen LogP contribution is -1.97. The molecule has 0 spiro atoms. The van der Waals surface area contributed by atoms with Crippen molar-refractivity contribution >= 4 is 53.7 Å². The third-order valence-corrected chi connectivity index (χ3v) is 11.1. The van der Waals surface area contributed by atoms with Gasteiger partial charge in [-0.1, -0.05) is 158 Å². The zero-order valence-corrected chi connectivity index (χ0v) is 28.4. The van der Waals surface area contributed by atoms with E-state index in [0.717, 1.165) is 33.6 Å². The molecule has 0 saturated heterocycles. The highest BCUT2D eigenvalue weighted by molar-refractivity contribution is 7.22. The molecule has 0 aliphatic carbocycles. The molecule has 0 radical (unpaired) electrons. The third-order valence-electron chi connectivity index (χ3n) is 9.89. The van der Waals surface area contributed by atoms with Crippen molar-refractivity contribution in [1.82, 2.24) is 9.97 Å². The van der Waals surface area contributed by atoms with Gasteiger partial charge in [-0.15, -0.1) is 11.3 Å². The average molecular weight is 667 g/mol. The van der Waals surface area contributed by atoms with Crippen LogP contribution >= 0.6 is 11.3 Å². The van der Waals surface area contributed by atoms with Gasteiger partial charge in [0.15, 0.2) is 5.82 Å². The second kappa shape index (κ2) is 12.2. The number of rotatable bonds is 5. The van der Waals surface area contributed by atoms with E-state index in [-0.39, 0.29) is 0 Å². The SMILES string of the molecule is c1ccc(-c2nc(-c3ccc(-c4cc5ccccc5s4)cc3)cc(-c3ccccc3-c3c4ccccc4cc4c3ccc3ccccc34)n2)cc1. The van der Waals surface area contributed by atoms with Crippen LogP contribution in [0.4, 0.5) is 0 Å². The van der Waals surface area contributed by atoms with E-state index in [9.17, 15) is 0 Å². The molecule has 0 bridgehead atoms. The number of nitrogens with zero attached hydrogens (tertiary/aromatic N) is 2. The Hall–Kier alpha value is -6.42. The minimum absolute atomic E-state index is 0.709. The molecule has 0 saturated carbocycles. The number of hydrogen-bond donors (Lipinski definition) is 0. The fourth-order valence-corrected chi connectivity index (χ4v) is 8.48. The molecular weight excluding hydrogens is 637 g/mol. The minimum atomic E-state index is 0.709. The van der Waals surface area contributed by atoms with Crippen LogP contribution in [-0.2, 0) is 0 Å². The summed E-state index contributed by atoms with van der Waals surface area (Å²) in [7, 11) is 0. The summed E-state index contributed by atoms with van der Waals surface area (Å²) in [5, 5.41) is 8.71. The van der Waals surface area contributed by atoms with Gasteiger partial charge in [-0.25, -0.2) is 9.97 Å². The van der Waals surface area contributed by atoms with Gasteiger partial charge in [0.2, 0.25) is 0 Å². The molecule has 10 rings (SSSR count). The van der Waals surface area contributed by atoms with Crippen molar-refractivity contribution in [2.24, 2.45) is 0 Å². The van der Waals surface area contributed by atoms with Gasteiger partial charge in [-0.2, -0.15) is 0 Å². The van der Waals surface area contributed by atoms with Crippen molar-refractivity contribution in [3.8, 4) is 55.5 Å². The largest absolute Gasteiger partial charge is 0.228 e. The van der Waals surface area contributed by atoms with Gasteiger partial charge in [-0.05, 0) is 78.7 Å². The van der Waals surface area contributed by atoms with Crippen LogP contribution < -0.4 is 0 Å². The Kier molecular flexibility index (Phi) is 7.04. The molecular formula is C48H30N2S. The molecule has 51 heavy (non-hydrogen) atoms. The lowest BCUT2D eigenvalue weighted by Gasteiger charge is -2.17. The predicted molar refractivity (Wildman–Crippen MR) is 217 cm³/mol. The number of benzene rings is 8. The quantitative estimate of drug-likeness (QED) is 0.135. The smallest absolute Gasteiger partial charge is 0.160 e. The highest BCUT2D eigenvalue weighted by Crippen LogP contribution is 2.43. The maximum absolute atomic E-state index is 5.28. The van der Waals surface area contributed by atoms with E-state index in [1.807, 2.05) is 29.5 Å². The fraction of sp³-hybridized carbons (Fsp3) is 0. The lowest BCUT2D eigenvalue weighted by atomic mass is 9.87. The Bertz CT molecular complexity index is 2870. The lowest BCUT2D eigenvalue weighted by molar-refractivity contribution is 1.18. The Labute approximate surface area is 300 Å². The summed E-state index contributed by atoms with van der Waals surface area (Å²) in [4.78, 5) is 11.7. The van der Waals surface area contributed by atoms with E-state index in [1.54, 1.807) is 0 Å². The summed E-state index contributed by atoms with van der Waals surface area (Å²) >= 11 is 1.83. The van der Waals surface area contributed by atoms with Crippen LogP contribution in [-0.4, -0.2) is 9.97 Å². The van der Waals surface area contributed by atoms with Crippen LogP contribution in [0.15, 0.2) is 182 Å². The zero-order valence-electron chi connectivity index (χ0n) is 27.6. The first-order valence-electron chi connectivity index (χ1n) is 17.2. The molecule has 8 aromatic carbocycles. The maximum Gasteiger partial charge on any atom is 0.160 e. The van der Waals surface area contributed by atoms with Crippen LogP contribution in [0.3, 0.4) is 0 Å². The molecule has 0 atom stereocenters. The summed E-state index contributed by atoms with van der Waals surface area (Å²) in [5.74, 6) is 0.709. The highest BCUT2D eigenvalue weighted by atomic mass is 32.1. The van der Waals surface area contributed by atoms with E-state index < -0.39 is 0 Å². The molecule has 0 amide bonds. The molecule has 3 heteroatoms. The van der Waals surface area contributed by atoms with E-state index in [1.165, 1.54) is 58.4 Å². The number of fused-ring (bicyclic) bond motifs is 5. The van der Waals surface area contributed by atoms with E-state index in [0.29, 0.717) is 5.82 Å². The zero-order chi connectivity index (χ0) is 33.7. The van der Waals surface area contributed by atoms with Gasteiger partial charge in [0.1, 0.15) is 0 Å². The standard InChI is InChI=1S/C48H30N2S/c1-2-13-34(14-3-1)48-49-43(32-22-24-33(25-23-32)46-29-36-16-6-11-21-45(36)51-46)30-44(50-48)39-19-9-10-20-40(39)47-38-18-8-5-15-35(38)28-42-37-17-7-4-12-31(37)26-27-41(42)47/h1-30H. The summed E-state index contributed by atoms with van der Waals surface area (Å²) in [6.07, 6.45) is 0. The van der Waals surface area contributed by atoms with Crippen LogP contribution in [0.5, 0.6) is 0 Å². The molecule has 0 aliphatic heterocycles. The highest BCUT2D eigenvalue weighted by Gasteiger charge is 2.18. The summed E-state index contributed by atoms with van der Waals surface area (Å²) in [5.41, 5.74) is 8.48. The van der Waals surface area contributed by atoms with Crippen LogP contribution in [0.1, 0.15) is 0 Å². The molecule has 2 nitrogen and oxygen atoms in total. The Morgan fingerprint density at radius 1 is 0.353 bits per heavy atom. The monoisotopic (exact) mass is 666 g/mol. The number of hydrogen-bond acceptors (Lipinski definition) is 3. The summed E-state index contributed by atoms with van der Waals surface area (Å²) < 4.78 is 1.30. The van der Waals surface area contributed by atoms with Crippen molar-refractivity contribution in [3.63, 3.8) is 0 Å². The Balaban J connectivity index is 1.17. The van der Waals surface area contributed by atoms with Crippen molar-refractivity contribution in [1.29, 1.82) is 0 Å². The third kappa shape index (κ3) is 5.18. The molecule has 0 unspecified atom stereocenters. The van der Waals surface area contributed by atoms with Gasteiger partial charge in [0, 0.05) is 26.3 Å². The Morgan fingerprint density at radius 3 is 1.82 bits per heavy atom. The topological polar surface area (TPSA) is 25.8 Å². The van der Waals surface area contributed by atoms with Gasteiger partial charge >= 0.3 is 0 Å². The molecule has 0 aliphatic rings. The average Bonchev–Trinajstić information content (AvgIpc) is 3.65. The van der Waals surface area contributed by atoms with Gasteiger partial charge in [0.05, 0.1) is 11.4 Å². The second-order valence-corrected chi connectivity index (χ2v) is 14.0. The fourth-order valence-electron chi connectivity index (χ4n) is 7.41. The number of aromatic nitrogens is 2. The van der Waals surface area contributed by atoms with Crippen molar-refractivity contribution in [3.05, 3.63) is 182 Å². The van der Waals surface area contributed by atoms with Crippen LogP contribution in [0, 0.1) is 0 Å². The van der Waals surface area contributed by atoms with E-state index in [2.05, 4.69) is 164 Å². The van der Waals surface area contributed by atoms with Crippen LogP contribution in [0.25, 0.3) is 97.9 Å². The molecule has 238 valence electrons. The first-order valence-corrected chi connectivity index (χ1v) is 18.1. The van der Waals surface area contributed by atoms with E-state index >= 15 is 0 Å². The van der Waals surface area contributed by atoms with Crippen molar-refractivity contribution in [2.75, 3.05) is 0 Å². The van der Waals surface area contributed by atoms with Crippen molar-refractivity contribution in [2.45, 2.75) is 0 Å². The molecule has 0 fully saturated rings. The normalized spacial score (nSPS) is 11.5. The summed E-state index contributed by atoms with van der Waals surface area (Å²) in [6.45, 7) is 0. The molecule has 10 aromatic rings. The van der Waals surface area contributed by atoms with Crippen LogP contribution in [0.2, 0.25) is 0 Å². The molecule has 2 aromatic heterocycles. The minimum Gasteiger partial charge on any atom is -0.228 e. The van der Waals surface area contributed by atoms with E-state index in [4.69, 9.17) is 9.97 Å².